The van der Waals surface area contributed by atoms with E-state index < -0.39 is 18.0 Å². The number of aromatic amines is 1. The molecule has 0 fully saturated rings. The van der Waals surface area contributed by atoms with Crippen molar-refractivity contribution in [2.24, 2.45) is 0 Å². The van der Waals surface area contributed by atoms with Gasteiger partial charge in [0.2, 0.25) is 0 Å². The molecular formula is C22H20N2O5. The molecule has 0 unspecified atom stereocenters. The van der Waals surface area contributed by atoms with Crippen LogP contribution in [0.2, 0.25) is 0 Å². The van der Waals surface area contributed by atoms with Crippen LogP contribution in [-0.2, 0) is 9.53 Å². The molecule has 3 rings (SSSR count). The maximum Gasteiger partial charge on any atom is 0.355 e. The van der Waals surface area contributed by atoms with Crippen LogP contribution in [0.5, 0.6) is 11.5 Å². The van der Waals surface area contributed by atoms with Crippen LogP contribution in [0.15, 0.2) is 66.9 Å². The summed E-state index contributed by atoms with van der Waals surface area (Å²) in [5, 5.41) is 2.68. The molecule has 7 heteroatoms. The molecule has 1 aromatic heterocycles. The number of carbonyl (C=O) groups excluding carboxylic acids is 3. The van der Waals surface area contributed by atoms with Crippen LogP contribution in [0, 0.1) is 0 Å². The van der Waals surface area contributed by atoms with Gasteiger partial charge in [-0.3, -0.25) is 9.59 Å². The topological polar surface area (TPSA) is 97.5 Å². The lowest BCUT2D eigenvalue weighted by atomic mass is 10.2. The number of H-pyrrole nitrogens is 1. The molecule has 0 saturated heterocycles. The van der Waals surface area contributed by atoms with Crippen molar-refractivity contribution in [2.45, 2.75) is 20.0 Å². The quantitative estimate of drug-likeness (QED) is 0.464. The first-order valence-corrected chi connectivity index (χ1v) is 8.96. The molecule has 0 saturated carbocycles. The van der Waals surface area contributed by atoms with Crippen molar-refractivity contribution in [1.82, 2.24) is 4.98 Å². The Hall–Kier alpha value is -3.87. The van der Waals surface area contributed by atoms with Crippen LogP contribution in [0.4, 0.5) is 5.69 Å². The fourth-order valence-electron chi connectivity index (χ4n) is 2.47. The van der Waals surface area contributed by atoms with E-state index in [9.17, 15) is 14.4 Å². The molecule has 0 spiro atoms. The van der Waals surface area contributed by atoms with Gasteiger partial charge in [0.25, 0.3) is 5.91 Å². The Labute approximate surface area is 167 Å². The normalized spacial score (nSPS) is 11.4. The van der Waals surface area contributed by atoms with E-state index in [1.165, 1.54) is 26.1 Å². The number of Topliss-reactive ketones (excluding diaryl/α,β-unsaturated/α-hetero) is 1. The van der Waals surface area contributed by atoms with Crippen LogP contribution in [-0.4, -0.2) is 28.7 Å². The average molecular weight is 392 g/mol. The Kier molecular flexibility index (Phi) is 6.09. The molecule has 1 heterocycles. The number of hydrogen-bond acceptors (Lipinski definition) is 5. The standard InChI is InChI=1S/C22H20N2O5/c1-14(25)16-12-20(23-13-16)22(27)28-15(2)21(26)24-17-8-10-19(11-9-17)29-18-6-4-3-5-7-18/h3-13,15,23H,1-2H3,(H,24,26)/t15-/m1/s1. The molecule has 0 bridgehead atoms. The second-order valence-electron chi connectivity index (χ2n) is 6.33. The van der Waals surface area contributed by atoms with Crippen molar-refractivity contribution in [3.8, 4) is 11.5 Å². The highest BCUT2D eigenvalue weighted by atomic mass is 16.5. The van der Waals surface area contributed by atoms with Crippen molar-refractivity contribution in [2.75, 3.05) is 5.32 Å². The number of carbonyl (C=O) groups is 3. The fourth-order valence-corrected chi connectivity index (χ4v) is 2.47. The van der Waals surface area contributed by atoms with Crippen LogP contribution < -0.4 is 10.1 Å². The van der Waals surface area contributed by atoms with Gasteiger partial charge >= 0.3 is 5.97 Å². The number of ether oxygens (including phenoxy) is 2. The molecule has 2 N–H and O–H groups in total. The van der Waals surface area contributed by atoms with E-state index >= 15 is 0 Å². The Morgan fingerprint density at radius 1 is 0.966 bits per heavy atom. The molecule has 7 nitrogen and oxygen atoms in total. The summed E-state index contributed by atoms with van der Waals surface area (Å²) in [6.07, 6.45) is 0.398. The minimum absolute atomic E-state index is 0.109. The van der Waals surface area contributed by atoms with Gasteiger partial charge in [0.15, 0.2) is 11.9 Å². The second kappa shape index (κ2) is 8.88. The van der Waals surface area contributed by atoms with Gasteiger partial charge in [-0.15, -0.1) is 0 Å². The zero-order chi connectivity index (χ0) is 20.8. The third-order valence-corrected chi connectivity index (χ3v) is 4.06. The lowest BCUT2D eigenvalue weighted by molar-refractivity contribution is -0.123. The van der Waals surface area contributed by atoms with Gasteiger partial charge < -0.3 is 19.8 Å². The zero-order valence-corrected chi connectivity index (χ0v) is 16.0. The molecule has 0 aliphatic heterocycles. The maximum absolute atomic E-state index is 12.3. The zero-order valence-electron chi connectivity index (χ0n) is 16.0. The Morgan fingerprint density at radius 3 is 2.24 bits per heavy atom. The summed E-state index contributed by atoms with van der Waals surface area (Å²) in [7, 11) is 0. The molecule has 1 atom stereocenters. The van der Waals surface area contributed by atoms with Gasteiger partial charge in [-0.05, 0) is 56.3 Å². The first kappa shape index (κ1) is 19.9. The maximum atomic E-state index is 12.3. The first-order chi connectivity index (χ1) is 13.9. The monoisotopic (exact) mass is 392 g/mol. The van der Waals surface area contributed by atoms with Crippen LogP contribution in [0.3, 0.4) is 0 Å². The molecule has 0 aliphatic rings. The van der Waals surface area contributed by atoms with Crippen LogP contribution in [0.1, 0.15) is 34.7 Å². The second-order valence-corrected chi connectivity index (χ2v) is 6.33. The molecule has 29 heavy (non-hydrogen) atoms. The fraction of sp³-hybridized carbons (Fsp3) is 0.136. The van der Waals surface area contributed by atoms with Crippen molar-refractivity contribution in [3.63, 3.8) is 0 Å². The van der Waals surface area contributed by atoms with Crippen molar-refractivity contribution < 1.29 is 23.9 Å². The van der Waals surface area contributed by atoms with E-state index in [1.54, 1.807) is 24.3 Å². The number of ketones is 1. The van der Waals surface area contributed by atoms with E-state index in [2.05, 4.69) is 10.3 Å². The van der Waals surface area contributed by atoms with Gasteiger partial charge in [-0.2, -0.15) is 0 Å². The Morgan fingerprint density at radius 2 is 1.62 bits per heavy atom. The molecule has 0 aliphatic carbocycles. The summed E-state index contributed by atoms with van der Waals surface area (Å²) in [6, 6.07) is 17.6. The summed E-state index contributed by atoms with van der Waals surface area (Å²) < 4.78 is 10.8. The highest BCUT2D eigenvalue weighted by Gasteiger charge is 2.20. The number of amides is 1. The smallest absolute Gasteiger partial charge is 0.355 e. The lowest BCUT2D eigenvalue weighted by Crippen LogP contribution is -2.30. The summed E-state index contributed by atoms with van der Waals surface area (Å²) in [5.74, 6) is -0.0327. The van der Waals surface area contributed by atoms with Crippen molar-refractivity contribution in [1.29, 1.82) is 0 Å². The van der Waals surface area contributed by atoms with Gasteiger partial charge in [-0.25, -0.2) is 4.79 Å². The minimum atomic E-state index is -1.02. The predicted octanol–water partition coefficient (Wildman–Crippen LogP) is 4.19. The van der Waals surface area contributed by atoms with Crippen LogP contribution in [0.25, 0.3) is 0 Å². The summed E-state index contributed by atoms with van der Waals surface area (Å²) in [6.45, 7) is 2.86. The Bertz CT molecular complexity index is 1010. The molecule has 1 amide bonds. The number of nitrogens with one attached hydrogen (secondary N) is 2. The van der Waals surface area contributed by atoms with Gasteiger partial charge in [0, 0.05) is 17.4 Å². The molecular weight excluding hydrogens is 372 g/mol. The largest absolute Gasteiger partial charge is 0.457 e. The van der Waals surface area contributed by atoms with Crippen molar-refractivity contribution >= 4 is 23.3 Å². The number of para-hydroxylation sites is 1. The highest BCUT2D eigenvalue weighted by molar-refractivity contribution is 5.99. The summed E-state index contributed by atoms with van der Waals surface area (Å²) >= 11 is 0. The third kappa shape index (κ3) is 5.32. The van der Waals surface area contributed by atoms with Gasteiger partial charge in [-0.1, -0.05) is 18.2 Å². The van der Waals surface area contributed by atoms with E-state index in [-0.39, 0.29) is 11.5 Å². The molecule has 148 valence electrons. The SMILES string of the molecule is CC(=O)c1c[nH]c(C(=O)O[C@H](C)C(=O)Nc2ccc(Oc3ccccc3)cc2)c1. The number of benzene rings is 2. The average Bonchev–Trinajstić information content (AvgIpc) is 3.21. The number of rotatable bonds is 7. The number of hydrogen-bond donors (Lipinski definition) is 2. The van der Waals surface area contributed by atoms with E-state index in [1.807, 2.05) is 30.3 Å². The highest BCUT2D eigenvalue weighted by Crippen LogP contribution is 2.22. The number of esters is 1. The van der Waals surface area contributed by atoms with E-state index in [4.69, 9.17) is 9.47 Å². The molecule has 3 aromatic rings. The van der Waals surface area contributed by atoms with Gasteiger partial charge in [0.1, 0.15) is 17.2 Å². The number of anilines is 1. The van der Waals surface area contributed by atoms with E-state index in [0.29, 0.717) is 22.7 Å². The predicted molar refractivity (Wildman–Crippen MR) is 107 cm³/mol. The molecule has 0 radical (unpaired) electrons. The van der Waals surface area contributed by atoms with Crippen molar-refractivity contribution in [3.05, 3.63) is 78.1 Å². The lowest BCUT2D eigenvalue weighted by Gasteiger charge is -2.13. The van der Waals surface area contributed by atoms with Gasteiger partial charge in [0.05, 0.1) is 0 Å². The first-order valence-electron chi connectivity index (χ1n) is 8.96. The summed E-state index contributed by atoms with van der Waals surface area (Å²) in [4.78, 5) is 38.4. The number of aromatic nitrogens is 1. The van der Waals surface area contributed by atoms with E-state index in [0.717, 1.165) is 0 Å². The minimum Gasteiger partial charge on any atom is -0.457 e. The molecule has 2 aromatic carbocycles. The van der Waals surface area contributed by atoms with Crippen LogP contribution >= 0.6 is 0 Å². The Balaban J connectivity index is 1.54. The third-order valence-electron chi connectivity index (χ3n) is 4.06. The summed E-state index contributed by atoms with van der Waals surface area (Å²) in [5.41, 5.74) is 1.01.